The molecule has 1 aromatic carbocycles. The smallest absolute Gasteiger partial charge is 0.0596 e. The van der Waals surface area contributed by atoms with Gasteiger partial charge in [-0.2, -0.15) is 5.10 Å². The van der Waals surface area contributed by atoms with Crippen molar-refractivity contribution in [2.24, 2.45) is 7.05 Å². The van der Waals surface area contributed by atoms with Crippen molar-refractivity contribution in [1.29, 1.82) is 0 Å². The van der Waals surface area contributed by atoms with Gasteiger partial charge in [-0.1, -0.05) is 30.3 Å². The summed E-state index contributed by atoms with van der Waals surface area (Å²) in [4.78, 5) is 0. The molecule has 0 fully saturated rings. The number of aromatic nitrogens is 2. The third kappa shape index (κ3) is 2.74. The van der Waals surface area contributed by atoms with Crippen molar-refractivity contribution in [2.75, 3.05) is 7.05 Å². The molecule has 0 spiro atoms. The van der Waals surface area contributed by atoms with Crippen LogP contribution in [0.25, 0.3) is 0 Å². The van der Waals surface area contributed by atoms with Gasteiger partial charge in [0.15, 0.2) is 0 Å². The van der Waals surface area contributed by atoms with Crippen LogP contribution in [0.5, 0.6) is 0 Å². The summed E-state index contributed by atoms with van der Waals surface area (Å²) >= 11 is 0. The van der Waals surface area contributed by atoms with Crippen LogP contribution in [0.15, 0.2) is 36.4 Å². The van der Waals surface area contributed by atoms with Crippen molar-refractivity contribution >= 4 is 0 Å². The zero-order valence-electron chi connectivity index (χ0n) is 10.6. The van der Waals surface area contributed by atoms with Gasteiger partial charge in [0.1, 0.15) is 0 Å². The van der Waals surface area contributed by atoms with Crippen LogP contribution in [-0.4, -0.2) is 16.8 Å². The van der Waals surface area contributed by atoms with Crippen molar-refractivity contribution in [3.05, 3.63) is 53.3 Å². The number of hydrogen-bond donors (Lipinski definition) is 1. The molecule has 2 rings (SSSR count). The second-order valence-corrected chi connectivity index (χ2v) is 4.36. The second-order valence-electron chi connectivity index (χ2n) is 4.36. The van der Waals surface area contributed by atoms with E-state index in [-0.39, 0.29) is 0 Å². The van der Waals surface area contributed by atoms with Gasteiger partial charge in [0.05, 0.1) is 5.69 Å². The number of nitrogens with one attached hydrogen (secondary N) is 1. The van der Waals surface area contributed by atoms with Gasteiger partial charge in [-0.05, 0) is 25.6 Å². The molecule has 0 bridgehead atoms. The maximum absolute atomic E-state index is 4.38. The van der Waals surface area contributed by atoms with Crippen LogP contribution in [0.2, 0.25) is 0 Å². The second kappa shape index (κ2) is 5.15. The summed E-state index contributed by atoms with van der Waals surface area (Å²) < 4.78 is 1.96. The molecule has 0 amide bonds. The number of aryl methyl sites for hydroxylation is 2. The first-order chi connectivity index (χ1) is 8.20. The van der Waals surface area contributed by atoms with Gasteiger partial charge in [0.2, 0.25) is 0 Å². The maximum atomic E-state index is 4.38. The van der Waals surface area contributed by atoms with E-state index in [4.69, 9.17) is 0 Å². The van der Waals surface area contributed by atoms with Gasteiger partial charge < -0.3 is 5.32 Å². The molecular formula is C14H19N3. The Balaban J connectivity index is 2.18. The van der Waals surface area contributed by atoms with E-state index in [2.05, 4.69) is 40.7 Å². The van der Waals surface area contributed by atoms with E-state index in [1.54, 1.807) is 0 Å². The normalized spacial score (nSPS) is 12.6. The van der Waals surface area contributed by atoms with Crippen molar-refractivity contribution in [2.45, 2.75) is 19.4 Å². The molecular weight excluding hydrogens is 210 g/mol. The van der Waals surface area contributed by atoms with Crippen LogP contribution < -0.4 is 5.32 Å². The van der Waals surface area contributed by atoms with Crippen molar-refractivity contribution in [3.63, 3.8) is 0 Å². The minimum atomic E-state index is 0.339. The maximum Gasteiger partial charge on any atom is 0.0596 e. The van der Waals surface area contributed by atoms with Crippen molar-refractivity contribution in [3.8, 4) is 0 Å². The van der Waals surface area contributed by atoms with Gasteiger partial charge >= 0.3 is 0 Å². The lowest BCUT2D eigenvalue weighted by atomic mass is 10.0. The quantitative estimate of drug-likeness (QED) is 0.871. The number of hydrogen-bond acceptors (Lipinski definition) is 2. The summed E-state index contributed by atoms with van der Waals surface area (Å²) in [5.74, 6) is 0. The molecule has 90 valence electrons. The summed E-state index contributed by atoms with van der Waals surface area (Å²) in [5, 5.41) is 7.74. The molecule has 17 heavy (non-hydrogen) atoms. The zero-order valence-corrected chi connectivity index (χ0v) is 10.6. The average molecular weight is 229 g/mol. The molecule has 0 aliphatic carbocycles. The molecule has 1 aromatic heterocycles. The molecule has 0 saturated carbocycles. The molecule has 1 N–H and O–H groups in total. The molecule has 0 aliphatic heterocycles. The van der Waals surface area contributed by atoms with Crippen LogP contribution in [0.4, 0.5) is 0 Å². The van der Waals surface area contributed by atoms with Crippen molar-refractivity contribution in [1.82, 2.24) is 15.1 Å². The Morgan fingerprint density at radius 1 is 1.29 bits per heavy atom. The summed E-state index contributed by atoms with van der Waals surface area (Å²) in [6.45, 7) is 2.03. The Bertz CT molecular complexity index is 473. The molecule has 0 saturated heterocycles. The first-order valence-corrected chi connectivity index (χ1v) is 5.92. The summed E-state index contributed by atoms with van der Waals surface area (Å²) in [5.41, 5.74) is 3.64. The monoisotopic (exact) mass is 229 g/mol. The van der Waals surface area contributed by atoms with Crippen LogP contribution in [0.1, 0.15) is 23.0 Å². The highest BCUT2D eigenvalue weighted by Gasteiger charge is 2.12. The fourth-order valence-electron chi connectivity index (χ4n) is 2.14. The summed E-state index contributed by atoms with van der Waals surface area (Å²) in [6, 6.07) is 13.0. The molecule has 1 atom stereocenters. The summed E-state index contributed by atoms with van der Waals surface area (Å²) in [7, 11) is 4.00. The molecule has 1 unspecified atom stereocenters. The van der Waals surface area contributed by atoms with E-state index in [9.17, 15) is 0 Å². The van der Waals surface area contributed by atoms with E-state index in [0.29, 0.717) is 6.04 Å². The molecule has 0 aliphatic rings. The first kappa shape index (κ1) is 11.9. The highest BCUT2D eigenvalue weighted by molar-refractivity contribution is 5.21. The Hall–Kier alpha value is -1.61. The van der Waals surface area contributed by atoms with E-state index < -0.39 is 0 Å². The number of likely N-dealkylation sites (N-methyl/N-ethyl adjacent to an activating group) is 1. The minimum Gasteiger partial charge on any atom is -0.313 e. The molecule has 0 radical (unpaired) electrons. The van der Waals surface area contributed by atoms with E-state index >= 15 is 0 Å². The Morgan fingerprint density at radius 3 is 2.53 bits per heavy atom. The fourth-order valence-corrected chi connectivity index (χ4v) is 2.14. The van der Waals surface area contributed by atoms with Gasteiger partial charge in [0.25, 0.3) is 0 Å². The van der Waals surface area contributed by atoms with E-state index in [1.807, 2.05) is 31.8 Å². The van der Waals surface area contributed by atoms with Gasteiger partial charge in [-0.15, -0.1) is 0 Å². The predicted octanol–water partition coefficient (Wildman–Crippen LogP) is 2.23. The largest absolute Gasteiger partial charge is 0.313 e. The molecule has 3 heteroatoms. The van der Waals surface area contributed by atoms with Crippen LogP contribution in [0, 0.1) is 6.92 Å². The predicted molar refractivity (Wildman–Crippen MR) is 69.9 cm³/mol. The van der Waals surface area contributed by atoms with Crippen molar-refractivity contribution < 1.29 is 0 Å². The zero-order chi connectivity index (χ0) is 12.3. The Kier molecular flexibility index (Phi) is 3.59. The van der Waals surface area contributed by atoms with Crippen LogP contribution in [-0.2, 0) is 13.5 Å². The Labute approximate surface area is 102 Å². The van der Waals surface area contributed by atoms with E-state index in [0.717, 1.165) is 12.1 Å². The third-order valence-corrected chi connectivity index (χ3v) is 3.06. The van der Waals surface area contributed by atoms with Crippen LogP contribution >= 0.6 is 0 Å². The lowest BCUT2D eigenvalue weighted by molar-refractivity contribution is 0.561. The van der Waals surface area contributed by atoms with Crippen LogP contribution in [0.3, 0.4) is 0 Å². The number of nitrogens with zero attached hydrogens (tertiary/aromatic N) is 2. The molecule has 1 heterocycles. The van der Waals surface area contributed by atoms with Gasteiger partial charge in [-0.3, -0.25) is 4.68 Å². The first-order valence-electron chi connectivity index (χ1n) is 5.92. The fraction of sp³-hybridized carbons (Fsp3) is 0.357. The Morgan fingerprint density at radius 2 is 2.00 bits per heavy atom. The standard InChI is InChI=1S/C14H19N3/c1-11-9-13(17(3)16-11)10-14(15-2)12-7-5-4-6-8-12/h4-9,14-15H,10H2,1-3H3. The molecule has 3 nitrogen and oxygen atoms in total. The van der Waals surface area contributed by atoms with Gasteiger partial charge in [0, 0.05) is 25.2 Å². The van der Waals surface area contributed by atoms with Gasteiger partial charge in [-0.25, -0.2) is 0 Å². The number of rotatable bonds is 4. The lowest BCUT2D eigenvalue weighted by Gasteiger charge is -2.16. The highest BCUT2D eigenvalue weighted by atomic mass is 15.3. The topological polar surface area (TPSA) is 29.9 Å². The minimum absolute atomic E-state index is 0.339. The highest BCUT2D eigenvalue weighted by Crippen LogP contribution is 2.17. The SMILES string of the molecule is CNC(Cc1cc(C)nn1C)c1ccccc1. The third-order valence-electron chi connectivity index (χ3n) is 3.06. The molecule has 2 aromatic rings. The summed E-state index contributed by atoms with van der Waals surface area (Å²) in [6.07, 6.45) is 0.956. The lowest BCUT2D eigenvalue weighted by Crippen LogP contribution is -2.20. The number of benzene rings is 1. The van der Waals surface area contributed by atoms with E-state index in [1.165, 1.54) is 11.3 Å². The average Bonchev–Trinajstić information content (AvgIpc) is 2.66.